The van der Waals surface area contributed by atoms with E-state index in [0.29, 0.717) is 14.8 Å². The van der Waals surface area contributed by atoms with Crippen LogP contribution in [0.4, 0.5) is 0 Å². The van der Waals surface area contributed by atoms with Crippen LogP contribution < -0.4 is 0 Å². The lowest BCUT2D eigenvalue weighted by atomic mass is 10.1. The van der Waals surface area contributed by atoms with Gasteiger partial charge >= 0.3 is 0 Å². The highest BCUT2D eigenvalue weighted by atomic mass is 35.5. The van der Waals surface area contributed by atoms with Crippen LogP contribution in [-0.2, 0) is 0 Å². The van der Waals surface area contributed by atoms with Gasteiger partial charge in [0.2, 0.25) is 4.77 Å². The van der Waals surface area contributed by atoms with Gasteiger partial charge in [-0.15, -0.1) is 0 Å². The van der Waals surface area contributed by atoms with E-state index in [1.54, 1.807) is 6.20 Å². The highest BCUT2D eigenvalue weighted by Crippen LogP contribution is 2.28. The largest absolute Gasteiger partial charge is 0.339 e. The molecule has 0 radical (unpaired) electrons. The molecule has 0 aliphatic heterocycles. The summed E-state index contributed by atoms with van der Waals surface area (Å²) in [6, 6.07) is 15.3. The minimum absolute atomic E-state index is 0.499. The summed E-state index contributed by atoms with van der Waals surface area (Å²) in [5.41, 5.74) is 4.84. The van der Waals surface area contributed by atoms with Gasteiger partial charge in [-0.25, -0.2) is 4.98 Å². The molecule has 4 aromatic rings. The minimum atomic E-state index is 0.499. The Morgan fingerprint density at radius 2 is 1.46 bits per heavy atom. The summed E-state index contributed by atoms with van der Waals surface area (Å²) in [5, 5.41) is 1.40. The Morgan fingerprint density at radius 3 is 2.08 bits per heavy atom. The van der Waals surface area contributed by atoms with Crippen molar-refractivity contribution in [1.82, 2.24) is 14.4 Å². The van der Waals surface area contributed by atoms with E-state index in [9.17, 15) is 0 Å². The predicted molar refractivity (Wildman–Crippen MR) is 101 cm³/mol. The number of fused-ring (bicyclic) bond motifs is 1. The van der Waals surface area contributed by atoms with E-state index < -0.39 is 0 Å². The maximum atomic E-state index is 5.98. The van der Waals surface area contributed by atoms with Crippen molar-refractivity contribution in [3.8, 4) is 22.4 Å². The number of hydrogen-bond acceptors (Lipinski definition) is 2. The van der Waals surface area contributed by atoms with Crippen molar-refractivity contribution in [2.45, 2.75) is 0 Å². The summed E-state index contributed by atoms with van der Waals surface area (Å²) in [6.07, 6.45) is 3.73. The molecule has 2 aromatic heterocycles. The van der Waals surface area contributed by atoms with Crippen LogP contribution in [0.3, 0.4) is 0 Å². The second kappa shape index (κ2) is 6.06. The van der Waals surface area contributed by atoms with Crippen LogP contribution in [0.1, 0.15) is 0 Å². The second-order valence-electron chi connectivity index (χ2n) is 5.35. The van der Waals surface area contributed by atoms with Gasteiger partial charge in [-0.1, -0.05) is 47.5 Å². The van der Waals surface area contributed by atoms with Crippen molar-refractivity contribution in [2.75, 3.05) is 0 Å². The number of aromatic nitrogens is 3. The number of halogens is 2. The van der Waals surface area contributed by atoms with Gasteiger partial charge in [0, 0.05) is 28.0 Å². The molecule has 0 saturated carbocycles. The van der Waals surface area contributed by atoms with Gasteiger partial charge in [0.05, 0.1) is 5.69 Å². The van der Waals surface area contributed by atoms with Crippen molar-refractivity contribution in [3.63, 3.8) is 0 Å². The zero-order valence-corrected chi connectivity index (χ0v) is 14.7. The molecule has 0 aliphatic carbocycles. The summed E-state index contributed by atoms with van der Waals surface area (Å²) in [4.78, 5) is 7.76. The summed E-state index contributed by atoms with van der Waals surface area (Å²) >= 11 is 17.3. The number of nitrogens with one attached hydrogen (secondary N) is 1. The SMILES string of the molecule is S=c1ncc(-c2ccc(Cl)cc2)c2[nH]c(-c3ccc(Cl)cc3)cn12. The van der Waals surface area contributed by atoms with Crippen molar-refractivity contribution < 1.29 is 0 Å². The number of rotatable bonds is 2. The molecule has 0 spiro atoms. The fourth-order valence-corrected chi connectivity index (χ4v) is 3.07. The van der Waals surface area contributed by atoms with Crippen molar-refractivity contribution in [1.29, 1.82) is 0 Å². The maximum absolute atomic E-state index is 5.98. The smallest absolute Gasteiger partial charge is 0.205 e. The summed E-state index contributed by atoms with van der Waals surface area (Å²) < 4.78 is 2.38. The quantitative estimate of drug-likeness (QED) is 0.436. The molecule has 118 valence electrons. The molecule has 0 aliphatic rings. The molecule has 3 nitrogen and oxygen atoms in total. The Balaban J connectivity index is 1.93. The molecule has 0 fully saturated rings. The predicted octanol–water partition coefficient (Wildman–Crippen LogP) is 6.03. The lowest BCUT2D eigenvalue weighted by molar-refractivity contribution is 1.06. The molecule has 0 amide bonds. The number of hydrogen-bond donors (Lipinski definition) is 1. The minimum Gasteiger partial charge on any atom is -0.339 e. The molecule has 0 bridgehead atoms. The zero-order chi connectivity index (χ0) is 16.7. The summed E-state index contributed by atoms with van der Waals surface area (Å²) in [6.45, 7) is 0. The van der Waals surface area contributed by atoms with Crippen LogP contribution in [0.25, 0.3) is 28.0 Å². The van der Waals surface area contributed by atoms with Crippen LogP contribution in [-0.4, -0.2) is 14.4 Å². The average Bonchev–Trinajstić information content (AvgIpc) is 3.03. The normalized spacial score (nSPS) is 11.1. The van der Waals surface area contributed by atoms with Gasteiger partial charge in [-0.05, 0) is 47.6 Å². The average molecular weight is 372 g/mol. The number of nitrogens with zero attached hydrogens (tertiary/aromatic N) is 2. The highest BCUT2D eigenvalue weighted by molar-refractivity contribution is 7.71. The maximum Gasteiger partial charge on any atom is 0.205 e. The van der Waals surface area contributed by atoms with Crippen molar-refractivity contribution in [3.05, 3.63) is 75.7 Å². The van der Waals surface area contributed by atoms with Crippen LogP contribution in [0.15, 0.2) is 60.9 Å². The molecule has 6 heteroatoms. The van der Waals surface area contributed by atoms with Gasteiger partial charge in [0.1, 0.15) is 5.65 Å². The third-order valence-electron chi connectivity index (χ3n) is 3.83. The molecule has 0 saturated heterocycles. The number of imidazole rings is 1. The van der Waals surface area contributed by atoms with Gasteiger partial charge in [-0.3, -0.25) is 4.40 Å². The Morgan fingerprint density at radius 1 is 0.875 bits per heavy atom. The molecule has 0 unspecified atom stereocenters. The first-order valence-electron chi connectivity index (χ1n) is 7.24. The van der Waals surface area contributed by atoms with Crippen molar-refractivity contribution >= 4 is 41.1 Å². The van der Waals surface area contributed by atoms with Crippen LogP contribution in [0.5, 0.6) is 0 Å². The van der Waals surface area contributed by atoms with Gasteiger partial charge in [0.15, 0.2) is 0 Å². The Kier molecular flexibility index (Phi) is 3.88. The first-order chi connectivity index (χ1) is 11.6. The van der Waals surface area contributed by atoms with E-state index in [0.717, 1.165) is 28.0 Å². The number of aromatic amines is 1. The van der Waals surface area contributed by atoms with Crippen molar-refractivity contribution in [2.24, 2.45) is 0 Å². The Labute approximate surface area is 153 Å². The molecule has 2 aromatic carbocycles. The molecule has 2 heterocycles. The molecule has 4 rings (SSSR count). The topological polar surface area (TPSA) is 33.1 Å². The fourth-order valence-electron chi connectivity index (χ4n) is 2.62. The first kappa shape index (κ1) is 15.4. The third kappa shape index (κ3) is 2.73. The van der Waals surface area contributed by atoms with Crippen LogP contribution in [0.2, 0.25) is 10.0 Å². The first-order valence-corrected chi connectivity index (χ1v) is 8.40. The van der Waals surface area contributed by atoms with Gasteiger partial charge in [-0.2, -0.15) is 0 Å². The third-order valence-corrected chi connectivity index (χ3v) is 4.63. The van der Waals surface area contributed by atoms with E-state index in [1.807, 2.05) is 59.1 Å². The number of benzene rings is 2. The van der Waals surface area contributed by atoms with E-state index in [4.69, 9.17) is 35.4 Å². The molecule has 24 heavy (non-hydrogen) atoms. The summed E-state index contributed by atoms with van der Waals surface area (Å²) in [5.74, 6) is 0. The highest BCUT2D eigenvalue weighted by Gasteiger charge is 2.10. The zero-order valence-electron chi connectivity index (χ0n) is 12.3. The van der Waals surface area contributed by atoms with Gasteiger partial charge in [0.25, 0.3) is 0 Å². The van der Waals surface area contributed by atoms with Crippen LogP contribution >= 0.6 is 35.4 Å². The number of H-pyrrole nitrogens is 1. The Bertz CT molecular complexity index is 1080. The molecule has 0 atom stereocenters. The molecular formula is C18H11Cl2N3S. The summed E-state index contributed by atoms with van der Waals surface area (Å²) in [7, 11) is 0. The lowest BCUT2D eigenvalue weighted by Crippen LogP contribution is -1.92. The molecule has 1 N–H and O–H groups in total. The van der Waals surface area contributed by atoms with E-state index in [1.165, 1.54) is 0 Å². The van der Waals surface area contributed by atoms with E-state index >= 15 is 0 Å². The second-order valence-corrected chi connectivity index (χ2v) is 6.59. The standard InChI is InChI=1S/C18H11Cl2N3S/c19-13-5-1-11(2-6-13)15-9-21-18(24)23-10-16(22-17(15)23)12-3-7-14(20)8-4-12/h1-10,22H. The Hall–Kier alpha value is -2.14. The lowest BCUT2D eigenvalue weighted by Gasteiger charge is -2.04. The van der Waals surface area contributed by atoms with E-state index in [-0.39, 0.29) is 0 Å². The van der Waals surface area contributed by atoms with Crippen LogP contribution in [0, 0.1) is 4.77 Å². The van der Waals surface area contributed by atoms with Gasteiger partial charge < -0.3 is 4.98 Å². The monoisotopic (exact) mass is 371 g/mol. The fraction of sp³-hybridized carbons (Fsp3) is 0. The van der Waals surface area contributed by atoms with E-state index in [2.05, 4.69) is 9.97 Å². The molecular weight excluding hydrogens is 361 g/mol.